The topological polar surface area (TPSA) is 66.6 Å². The van der Waals surface area contributed by atoms with Crippen molar-refractivity contribution in [1.82, 2.24) is 9.80 Å². The second-order valence-electron chi connectivity index (χ2n) is 8.10. The number of rotatable bonds is 3. The molecule has 148 valence electrons. The SMILES string of the molecule is CCc1ccc(C(=O)N2CCN(C(=O)C3C4CCC(C4)C3N)CC2)cc1.Cl. The van der Waals surface area contributed by atoms with E-state index in [4.69, 9.17) is 5.73 Å². The van der Waals surface area contributed by atoms with Gasteiger partial charge in [0.15, 0.2) is 0 Å². The molecule has 4 unspecified atom stereocenters. The van der Waals surface area contributed by atoms with E-state index >= 15 is 0 Å². The van der Waals surface area contributed by atoms with Crippen molar-refractivity contribution in [1.29, 1.82) is 0 Å². The second kappa shape index (κ2) is 8.19. The zero-order valence-electron chi connectivity index (χ0n) is 16.0. The first-order chi connectivity index (χ1) is 12.6. The van der Waals surface area contributed by atoms with Crippen molar-refractivity contribution in [2.24, 2.45) is 23.5 Å². The predicted octanol–water partition coefficient (Wildman–Crippen LogP) is 2.33. The number of nitrogens with zero attached hydrogens (tertiary/aromatic N) is 2. The number of hydrogen-bond acceptors (Lipinski definition) is 3. The highest BCUT2D eigenvalue weighted by Crippen LogP contribution is 2.48. The number of hydrogen-bond donors (Lipinski definition) is 1. The number of amides is 2. The third kappa shape index (κ3) is 3.72. The smallest absolute Gasteiger partial charge is 0.253 e. The van der Waals surface area contributed by atoms with E-state index in [2.05, 4.69) is 6.92 Å². The van der Waals surface area contributed by atoms with Crippen LogP contribution in [-0.4, -0.2) is 53.8 Å². The van der Waals surface area contributed by atoms with Crippen LogP contribution < -0.4 is 5.73 Å². The van der Waals surface area contributed by atoms with Gasteiger partial charge in [-0.2, -0.15) is 0 Å². The summed E-state index contributed by atoms with van der Waals surface area (Å²) in [5.41, 5.74) is 8.30. The van der Waals surface area contributed by atoms with Crippen molar-refractivity contribution in [3.63, 3.8) is 0 Å². The van der Waals surface area contributed by atoms with E-state index < -0.39 is 0 Å². The molecule has 3 fully saturated rings. The van der Waals surface area contributed by atoms with Crippen molar-refractivity contribution in [3.8, 4) is 0 Å². The van der Waals surface area contributed by atoms with Crippen LogP contribution in [0.4, 0.5) is 0 Å². The molecule has 1 aliphatic heterocycles. The van der Waals surface area contributed by atoms with Crippen LogP contribution >= 0.6 is 12.4 Å². The fourth-order valence-corrected chi connectivity index (χ4v) is 5.11. The van der Waals surface area contributed by atoms with E-state index in [0.717, 1.165) is 24.8 Å². The molecule has 3 aliphatic rings. The number of benzene rings is 1. The van der Waals surface area contributed by atoms with E-state index in [1.165, 1.54) is 12.0 Å². The van der Waals surface area contributed by atoms with Crippen LogP contribution in [0, 0.1) is 17.8 Å². The van der Waals surface area contributed by atoms with E-state index in [1.807, 2.05) is 34.1 Å². The number of halogens is 1. The second-order valence-corrected chi connectivity index (χ2v) is 8.10. The molecule has 2 aliphatic carbocycles. The molecule has 5 nitrogen and oxygen atoms in total. The van der Waals surface area contributed by atoms with Crippen molar-refractivity contribution < 1.29 is 9.59 Å². The summed E-state index contributed by atoms with van der Waals surface area (Å²) < 4.78 is 0. The Balaban J connectivity index is 0.00000210. The highest BCUT2D eigenvalue weighted by Gasteiger charge is 2.50. The molecule has 0 aromatic heterocycles. The predicted molar refractivity (Wildman–Crippen MR) is 108 cm³/mol. The van der Waals surface area contributed by atoms with Crippen molar-refractivity contribution in [2.75, 3.05) is 26.2 Å². The monoisotopic (exact) mass is 391 g/mol. The van der Waals surface area contributed by atoms with Gasteiger partial charge in [0.05, 0.1) is 5.92 Å². The summed E-state index contributed by atoms with van der Waals surface area (Å²) in [5, 5.41) is 0. The van der Waals surface area contributed by atoms with Gasteiger partial charge in [0.2, 0.25) is 5.91 Å². The lowest BCUT2D eigenvalue weighted by molar-refractivity contribution is -0.139. The summed E-state index contributed by atoms with van der Waals surface area (Å²) in [6.45, 7) is 4.57. The summed E-state index contributed by atoms with van der Waals surface area (Å²) >= 11 is 0. The molecule has 6 heteroatoms. The van der Waals surface area contributed by atoms with Crippen molar-refractivity contribution in [3.05, 3.63) is 35.4 Å². The molecule has 1 aromatic rings. The minimum Gasteiger partial charge on any atom is -0.339 e. The number of carbonyl (C=O) groups excluding carboxylic acids is 2. The van der Waals surface area contributed by atoms with Crippen LogP contribution in [-0.2, 0) is 11.2 Å². The third-order valence-electron chi connectivity index (χ3n) is 6.75. The molecule has 1 aromatic carbocycles. The van der Waals surface area contributed by atoms with Gasteiger partial charge in [-0.25, -0.2) is 0 Å². The van der Waals surface area contributed by atoms with Gasteiger partial charge in [-0.15, -0.1) is 12.4 Å². The molecule has 2 saturated carbocycles. The highest BCUT2D eigenvalue weighted by atomic mass is 35.5. The number of nitrogens with two attached hydrogens (primary N) is 1. The Bertz CT molecular complexity index is 683. The van der Waals surface area contributed by atoms with Crippen molar-refractivity contribution in [2.45, 2.75) is 38.6 Å². The third-order valence-corrected chi connectivity index (χ3v) is 6.75. The van der Waals surface area contributed by atoms with Crippen LogP contribution in [0.1, 0.15) is 42.1 Å². The summed E-state index contributed by atoms with van der Waals surface area (Å²) in [5.74, 6) is 1.33. The summed E-state index contributed by atoms with van der Waals surface area (Å²) in [6.07, 6.45) is 4.44. The van der Waals surface area contributed by atoms with Crippen LogP contribution in [0.3, 0.4) is 0 Å². The summed E-state index contributed by atoms with van der Waals surface area (Å²) in [4.78, 5) is 29.5. The van der Waals surface area contributed by atoms with Crippen LogP contribution in [0.25, 0.3) is 0 Å². The van der Waals surface area contributed by atoms with Gasteiger partial charge in [0.1, 0.15) is 0 Å². The first kappa shape index (κ1) is 20.2. The normalized spacial score (nSPS) is 29.6. The van der Waals surface area contributed by atoms with Gasteiger partial charge in [-0.05, 0) is 55.2 Å². The average molecular weight is 392 g/mol. The molecule has 4 rings (SSSR count). The van der Waals surface area contributed by atoms with E-state index in [9.17, 15) is 9.59 Å². The minimum absolute atomic E-state index is 0. The van der Waals surface area contributed by atoms with E-state index in [0.29, 0.717) is 38.0 Å². The minimum atomic E-state index is 0. The molecule has 0 radical (unpaired) electrons. The lowest BCUT2D eigenvalue weighted by Gasteiger charge is -2.38. The number of fused-ring (bicyclic) bond motifs is 2. The Kier molecular flexibility index (Phi) is 6.11. The molecule has 2 bridgehead atoms. The molecular formula is C21H30ClN3O2. The largest absolute Gasteiger partial charge is 0.339 e. The Morgan fingerprint density at radius 1 is 1.00 bits per heavy atom. The van der Waals surface area contributed by atoms with Gasteiger partial charge >= 0.3 is 0 Å². The average Bonchev–Trinajstić information content (AvgIpc) is 3.28. The molecule has 1 saturated heterocycles. The Morgan fingerprint density at radius 2 is 1.59 bits per heavy atom. The van der Waals surface area contributed by atoms with Gasteiger partial charge in [-0.1, -0.05) is 19.1 Å². The zero-order valence-corrected chi connectivity index (χ0v) is 16.8. The standard InChI is InChI=1S/C21H29N3O2.ClH/c1-2-14-3-5-15(6-4-14)20(25)23-9-11-24(12-10-23)21(26)18-16-7-8-17(13-16)19(18)22;/h3-6,16-19H,2,7-13,22H2,1H3;1H. The fraction of sp³-hybridized carbons (Fsp3) is 0.619. The molecule has 2 amide bonds. The van der Waals surface area contributed by atoms with Crippen LogP contribution in [0.2, 0.25) is 0 Å². The highest BCUT2D eigenvalue weighted by molar-refractivity contribution is 5.94. The molecule has 4 atom stereocenters. The number of carbonyl (C=O) groups is 2. The van der Waals surface area contributed by atoms with Gasteiger partial charge < -0.3 is 15.5 Å². The molecular weight excluding hydrogens is 362 g/mol. The Labute approximate surface area is 167 Å². The van der Waals surface area contributed by atoms with Gasteiger partial charge in [0, 0.05) is 37.8 Å². The van der Waals surface area contributed by atoms with Gasteiger partial charge in [-0.3, -0.25) is 9.59 Å². The fourth-order valence-electron chi connectivity index (χ4n) is 5.11. The number of aryl methyl sites for hydroxylation is 1. The van der Waals surface area contributed by atoms with E-state index in [1.54, 1.807) is 0 Å². The van der Waals surface area contributed by atoms with Crippen molar-refractivity contribution >= 4 is 24.2 Å². The van der Waals surface area contributed by atoms with E-state index in [-0.39, 0.29) is 36.2 Å². The lowest BCUT2D eigenvalue weighted by atomic mass is 9.84. The Hall–Kier alpha value is -1.59. The summed E-state index contributed by atoms with van der Waals surface area (Å²) in [6, 6.07) is 7.89. The summed E-state index contributed by atoms with van der Waals surface area (Å²) in [7, 11) is 0. The maximum absolute atomic E-state index is 13.0. The van der Waals surface area contributed by atoms with Gasteiger partial charge in [0.25, 0.3) is 5.91 Å². The maximum Gasteiger partial charge on any atom is 0.253 e. The number of piperazine rings is 1. The maximum atomic E-state index is 13.0. The van der Waals surface area contributed by atoms with Crippen LogP contribution in [0.5, 0.6) is 0 Å². The first-order valence-corrected chi connectivity index (χ1v) is 10.0. The molecule has 27 heavy (non-hydrogen) atoms. The lowest BCUT2D eigenvalue weighted by Crippen LogP contribution is -2.54. The zero-order chi connectivity index (χ0) is 18.3. The molecule has 1 heterocycles. The first-order valence-electron chi connectivity index (χ1n) is 10.0. The molecule has 0 spiro atoms. The van der Waals surface area contributed by atoms with Crippen LogP contribution in [0.15, 0.2) is 24.3 Å². The Morgan fingerprint density at radius 3 is 2.15 bits per heavy atom. The quantitative estimate of drug-likeness (QED) is 0.859. The molecule has 2 N–H and O–H groups in total.